The van der Waals surface area contributed by atoms with E-state index in [4.69, 9.17) is 0 Å². The van der Waals surface area contributed by atoms with Gasteiger partial charge < -0.3 is 4.74 Å². The van der Waals surface area contributed by atoms with Crippen molar-refractivity contribution < 1.29 is 27.9 Å². The van der Waals surface area contributed by atoms with Crippen LogP contribution in [0.25, 0.3) is 0 Å². The van der Waals surface area contributed by atoms with Crippen molar-refractivity contribution in [1.29, 1.82) is 0 Å². The number of alkyl halides is 2. The molecule has 0 saturated heterocycles. The van der Waals surface area contributed by atoms with Crippen LogP contribution in [0.1, 0.15) is 71.1 Å². The van der Waals surface area contributed by atoms with E-state index in [1.165, 1.54) is 7.11 Å². The summed E-state index contributed by atoms with van der Waals surface area (Å²) in [5.74, 6) is -4.93. The van der Waals surface area contributed by atoms with Gasteiger partial charge in [-0.25, -0.2) is 0 Å². The number of ketones is 2. The number of Topliss-reactive ketones (excluding diaryl/α,β-unsaturated/α-hetero) is 2. The first-order valence-electron chi connectivity index (χ1n) is 10.1. The van der Waals surface area contributed by atoms with E-state index >= 15 is 0 Å². The minimum atomic E-state index is -3.28. The molecule has 1 fully saturated rings. The summed E-state index contributed by atoms with van der Waals surface area (Å²) in [5.41, 5.74) is 0. The summed E-state index contributed by atoms with van der Waals surface area (Å²) in [4.78, 5) is 35.2. The van der Waals surface area contributed by atoms with E-state index in [9.17, 15) is 23.2 Å². The molecule has 4 nitrogen and oxygen atoms in total. The lowest BCUT2D eigenvalue weighted by Crippen LogP contribution is -2.30. The standard InChI is InChI=1S/C21H32F2O4S/c1-3-4-13-21(22,23)19(25)12-11-16-15(17(24)14-18(16)28)9-7-5-6-8-10-20(26)27-2/h5,7,15-16,18,28H,3-4,6,8-14H2,1-2H3/t15?,16-,18-/m1/s1. The molecule has 0 spiro atoms. The fraction of sp³-hybridized carbons (Fsp3) is 0.762. The van der Waals surface area contributed by atoms with Crippen LogP contribution < -0.4 is 0 Å². The predicted molar refractivity (Wildman–Crippen MR) is 108 cm³/mol. The van der Waals surface area contributed by atoms with Crippen LogP contribution in [0.15, 0.2) is 12.2 Å². The molecule has 0 radical (unpaired) electrons. The fourth-order valence-electron chi connectivity index (χ4n) is 3.56. The summed E-state index contributed by atoms with van der Waals surface area (Å²) < 4.78 is 32.3. The van der Waals surface area contributed by atoms with Gasteiger partial charge in [-0.2, -0.15) is 21.4 Å². The average molecular weight is 419 g/mol. The molecular weight excluding hydrogens is 386 g/mol. The summed E-state index contributed by atoms with van der Waals surface area (Å²) in [6.45, 7) is 1.81. The number of carbonyl (C=O) groups excluding carboxylic acids is 3. The van der Waals surface area contributed by atoms with Crippen LogP contribution in [0.4, 0.5) is 8.78 Å². The van der Waals surface area contributed by atoms with Gasteiger partial charge >= 0.3 is 11.9 Å². The molecule has 0 aromatic carbocycles. The van der Waals surface area contributed by atoms with Crippen LogP contribution in [0.5, 0.6) is 0 Å². The molecule has 1 aliphatic rings. The molecule has 160 valence electrons. The van der Waals surface area contributed by atoms with Crippen molar-refractivity contribution in [2.75, 3.05) is 7.11 Å². The lowest BCUT2D eigenvalue weighted by Gasteiger charge is -2.21. The predicted octanol–water partition coefficient (Wildman–Crippen LogP) is 4.95. The van der Waals surface area contributed by atoms with Gasteiger partial charge in [-0.3, -0.25) is 14.4 Å². The van der Waals surface area contributed by atoms with Crippen LogP contribution in [0, 0.1) is 11.8 Å². The highest BCUT2D eigenvalue weighted by Gasteiger charge is 2.42. The van der Waals surface area contributed by atoms with Crippen molar-refractivity contribution >= 4 is 30.2 Å². The van der Waals surface area contributed by atoms with E-state index in [1.54, 1.807) is 0 Å². The van der Waals surface area contributed by atoms with Gasteiger partial charge in [-0.1, -0.05) is 25.5 Å². The van der Waals surface area contributed by atoms with Gasteiger partial charge in [0.15, 0.2) is 0 Å². The Kier molecular flexibility index (Phi) is 10.9. The number of halogens is 2. The zero-order valence-electron chi connectivity index (χ0n) is 16.8. The highest BCUT2D eigenvalue weighted by molar-refractivity contribution is 7.81. The van der Waals surface area contributed by atoms with Gasteiger partial charge in [0.05, 0.1) is 7.11 Å². The number of unbranched alkanes of at least 4 members (excludes halogenated alkanes) is 2. The van der Waals surface area contributed by atoms with Crippen LogP contribution in [0.3, 0.4) is 0 Å². The fourth-order valence-corrected chi connectivity index (χ4v) is 4.10. The van der Waals surface area contributed by atoms with E-state index in [0.717, 1.165) is 0 Å². The Morgan fingerprint density at radius 2 is 1.96 bits per heavy atom. The van der Waals surface area contributed by atoms with Gasteiger partial charge in [0.25, 0.3) is 0 Å². The van der Waals surface area contributed by atoms with Crippen LogP contribution >= 0.6 is 12.6 Å². The Morgan fingerprint density at radius 3 is 2.61 bits per heavy atom. The minimum Gasteiger partial charge on any atom is -0.469 e. The second kappa shape index (κ2) is 12.3. The molecule has 0 aromatic rings. The number of allylic oxidation sites excluding steroid dienone is 2. The van der Waals surface area contributed by atoms with Crippen LogP contribution in [0.2, 0.25) is 0 Å². The normalized spacial score (nSPS) is 22.8. The molecule has 7 heteroatoms. The summed E-state index contributed by atoms with van der Waals surface area (Å²) >= 11 is 4.45. The molecule has 1 unspecified atom stereocenters. The Hall–Kier alpha value is -1.24. The smallest absolute Gasteiger partial charge is 0.305 e. The second-order valence-corrected chi connectivity index (χ2v) is 8.12. The number of carbonyl (C=O) groups is 3. The van der Waals surface area contributed by atoms with E-state index in [2.05, 4.69) is 17.4 Å². The number of hydrogen-bond acceptors (Lipinski definition) is 5. The van der Waals surface area contributed by atoms with Crippen molar-refractivity contribution in [2.45, 2.75) is 82.3 Å². The van der Waals surface area contributed by atoms with Crippen molar-refractivity contribution in [3.8, 4) is 0 Å². The Labute approximate surface area is 171 Å². The maximum atomic E-state index is 13.9. The minimum absolute atomic E-state index is 0.0782. The molecule has 1 aliphatic carbocycles. The largest absolute Gasteiger partial charge is 0.469 e. The monoisotopic (exact) mass is 418 g/mol. The first-order valence-corrected chi connectivity index (χ1v) is 10.6. The Bertz CT molecular complexity index is 563. The lowest BCUT2D eigenvalue weighted by atomic mass is 9.86. The van der Waals surface area contributed by atoms with Crippen LogP contribution in [-0.4, -0.2) is 35.8 Å². The molecule has 0 aliphatic heterocycles. The van der Waals surface area contributed by atoms with Gasteiger partial charge in [-0.05, 0) is 38.0 Å². The molecule has 0 bridgehead atoms. The quantitative estimate of drug-likeness (QED) is 0.199. The van der Waals surface area contributed by atoms with Gasteiger partial charge in [0.1, 0.15) is 5.78 Å². The zero-order chi connectivity index (χ0) is 21.2. The molecule has 1 saturated carbocycles. The Morgan fingerprint density at radius 1 is 1.25 bits per heavy atom. The van der Waals surface area contributed by atoms with Crippen molar-refractivity contribution in [3.63, 3.8) is 0 Å². The number of esters is 1. The lowest BCUT2D eigenvalue weighted by molar-refractivity contribution is -0.144. The van der Waals surface area contributed by atoms with Crippen molar-refractivity contribution in [1.82, 2.24) is 0 Å². The van der Waals surface area contributed by atoms with E-state index in [1.807, 2.05) is 19.1 Å². The van der Waals surface area contributed by atoms with Crippen molar-refractivity contribution in [3.05, 3.63) is 12.2 Å². The molecule has 1 rings (SSSR count). The van der Waals surface area contributed by atoms with E-state index in [0.29, 0.717) is 44.9 Å². The highest BCUT2D eigenvalue weighted by Crippen LogP contribution is 2.39. The van der Waals surface area contributed by atoms with Crippen LogP contribution in [-0.2, 0) is 19.1 Å². The summed E-state index contributed by atoms with van der Waals surface area (Å²) in [5, 5.41) is -0.192. The van der Waals surface area contributed by atoms with E-state index in [-0.39, 0.29) is 41.7 Å². The number of thiol groups is 1. The molecule has 3 atom stereocenters. The number of methoxy groups -OCH3 is 1. The Balaban J connectivity index is 2.51. The summed E-state index contributed by atoms with van der Waals surface area (Å²) in [7, 11) is 1.35. The topological polar surface area (TPSA) is 60.4 Å². The maximum Gasteiger partial charge on any atom is 0.305 e. The third-order valence-electron chi connectivity index (χ3n) is 5.33. The number of hydrogen-bond donors (Lipinski definition) is 1. The molecule has 0 N–H and O–H groups in total. The van der Waals surface area contributed by atoms with Gasteiger partial charge in [0.2, 0.25) is 5.78 Å². The molecule has 0 aromatic heterocycles. The van der Waals surface area contributed by atoms with Gasteiger partial charge in [0, 0.05) is 36.9 Å². The first-order chi connectivity index (χ1) is 13.2. The SMILES string of the molecule is CCCCC(F)(F)C(=O)CC[C@@H]1C(CC=CCCCC(=O)OC)C(=O)C[C@H]1S. The summed E-state index contributed by atoms with van der Waals surface area (Å²) in [6.07, 6.45) is 6.94. The van der Waals surface area contributed by atoms with Crippen molar-refractivity contribution in [2.24, 2.45) is 11.8 Å². The molecule has 0 heterocycles. The molecular formula is C21H32F2O4S. The van der Waals surface area contributed by atoms with E-state index < -0.39 is 18.1 Å². The molecule has 0 amide bonds. The number of ether oxygens (including phenoxy) is 1. The zero-order valence-corrected chi connectivity index (χ0v) is 17.7. The third-order valence-corrected chi connectivity index (χ3v) is 5.89. The second-order valence-electron chi connectivity index (χ2n) is 7.45. The van der Waals surface area contributed by atoms with Gasteiger partial charge in [-0.15, -0.1) is 0 Å². The maximum absolute atomic E-state index is 13.9. The summed E-state index contributed by atoms with van der Waals surface area (Å²) in [6, 6.07) is 0. The highest BCUT2D eigenvalue weighted by atomic mass is 32.1. The average Bonchev–Trinajstić information content (AvgIpc) is 2.93. The third kappa shape index (κ3) is 8.02. The number of rotatable bonds is 13. The molecule has 28 heavy (non-hydrogen) atoms. The first kappa shape index (κ1) is 24.8.